The number of benzene rings is 2. The van der Waals surface area contributed by atoms with Crippen LogP contribution in [-0.4, -0.2) is 29.8 Å². The van der Waals surface area contributed by atoms with Gasteiger partial charge in [0.2, 0.25) is 0 Å². The van der Waals surface area contributed by atoms with E-state index in [1.54, 1.807) is 19.2 Å². The zero-order chi connectivity index (χ0) is 20.8. The predicted octanol–water partition coefficient (Wildman–Crippen LogP) is 4.67. The number of methoxy groups -OCH3 is 1. The average molecular weight is 399 g/mol. The molecule has 0 bridgehead atoms. The maximum Gasteiger partial charge on any atom is 0.256 e. The van der Waals surface area contributed by atoms with E-state index >= 15 is 0 Å². The topological polar surface area (TPSA) is 58.6 Å². The highest BCUT2D eigenvalue weighted by atomic mass is 19.2. The average Bonchev–Trinajstić information content (AvgIpc) is 2.95. The minimum atomic E-state index is -0.931. The third-order valence-electron chi connectivity index (χ3n) is 6.15. The Labute approximate surface area is 168 Å². The molecule has 1 saturated carbocycles. The molecule has 4 nitrogen and oxygen atoms in total. The molecule has 2 aromatic carbocycles. The number of carbonyl (C=O) groups is 1. The summed E-state index contributed by atoms with van der Waals surface area (Å²) in [4.78, 5) is 12.8. The highest BCUT2D eigenvalue weighted by Gasteiger charge is 2.48. The Morgan fingerprint density at radius 3 is 2.38 bits per heavy atom. The van der Waals surface area contributed by atoms with Crippen molar-refractivity contribution < 1.29 is 23.4 Å². The van der Waals surface area contributed by atoms with Crippen LogP contribution in [0, 0.1) is 18.6 Å². The van der Waals surface area contributed by atoms with Crippen molar-refractivity contribution in [2.75, 3.05) is 7.11 Å². The first-order chi connectivity index (χ1) is 13.8. The summed E-state index contributed by atoms with van der Waals surface area (Å²) in [6.45, 7) is 1.85. The molecule has 0 atom stereocenters. The van der Waals surface area contributed by atoms with E-state index in [0.29, 0.717) is 29.5 Å². The third-order valence-corrected chi connectivity index (χ3v) is 6.15. The van der Waals surface area contributed by atoms with Gasteiger partial charge in [0.25, 0.3) is 5.91 Å². The van der Waals surface area contributed by atoms with Crippen LogP contribution in [-0.2, 0) is 9.53 Å². The maximum absolute atomic E-state index is 13.7. The molecule has 1 aliphatic heterocycles. The number of halogens is 2. The second-order valence-electron chi connectivity index (χ2n) is 7.85. The largest absolute Gasteiger partial charge is 0.509 e. The number of aliphatic hydroxyl groups excluding tert-OH is 1. The molecule has 152 valence electrons. The summed E-state index contributed by atoms with van der Waals surface area (Å²) < 4.78 is 32.4. The molecule has 0 saturated heterocycles. The van der Waals surface area contributed by atoms with Crippen molar-refractivity contribution in [1.82, 2.24) is 5.32 Å². The molecule has 1 amide bonds. The molecule has 2 aliphatic rings. The van der Waals surface area contributed by atoms with Gasteiger partial charge in [0, 0.05) is 7.11 Å². The molecule has 1 fully saturated rings. The van der Waals surface area contributed by atoms with Gasteiger partial charge in [0.15, 0.2) is 11.6 Å². The highest BCUT2D eigenvalue weighted by Crippen LogP contribution is 2.43. The molecule has 1 aliphatic carbocycles. The number of rotatable bonds is 3. The Balaban J connectivity index is 1.75. The van der Waals surface area contributed by atoms with Crippen LogP contribution in [0.25, 0.3) is 16.7 Å². The van der Waals surface area contributed by atoms with Crippen molar-refractivity contribution >= 4 is 11.5 Å². The summed E-state index contributed by atoms with van der Waals surface area (Å²) in [6, 6.07) is 9.03. The van der Waals surface area contributed by atoms with E-state index in [0.717, 1.165) is 30.5 Å². The summed E-state index contributed by atoms with van der Waals surface area (Å²) in [7, 11) is 1.67. The molecule has 1 heterocycles. The van der Waals surface area contributed by atoms with Crippen LogP contribution >= 0.6 is 0 Å². The first-order valence-corrected chi connectivity index (χ1v) is 9.70. The van der Waals surface area contributed by atoms with Crippen molar-refractivity contribution in [1.29, 1.82) is 0 Å². The monoisotopic (exact) mass is 399 g/mol. The Morgan fingerprint density at radius 1 is 1.07 bits per heavy atom. The van der Waals surface area contributed by atoms with Crippen molar-refractivity contribution in [3.8, 4) is 11.1 Å². The Morgan fingerprint density at radius 2 is 1.72 bits per heavy atom. The molecule has 0 radical (unpaired) electrons. The number of aliphatic hydroxyl groups is 1. The van der Waals surface area contributed by atoms with Crippen molar-refractivity contribution in [3.05, 3.63) is 64.9 Å². The fourth-order valence-corrected chi connectivity index (χ4v) is 4.36. The van der Waals surface area contributed by atoms with Crippen LogP contribution in [0.3, 0.4) is 0 Å². The van der Waals surface area contributed by atoms with Crippen LogP contribution in [0.15, 0.2) is 42.2 Å². The van der Waals surface area contributed by atoms with Gasteiger partial charge in [-0.05, 0) is 73.1 Å². The molecule has 2 aromatic rings. The number of amides is 1. The number of carbonyl (C=O) groups excluding carboxylic acids is 1. The molecule has 6 heteroatoms. The van der Waals surface area contributed by atoms with E-state index in [9.17, 15) is 18.7 Å². The van der Waals surface area contributed by atoms with E-state index in [2.05, 4.69) is 5.32 Å². The second kappa shape index (κ2) is 7.26. The van der Waals surface area contributed by atoms with Crippen LogP contribution in [0.1, 0.15) is 36.8 Å². The van der Waals surface area contributed by atoms with Crippen molar-refractivity contribution in [3.63, 3.8) is 0 Å². The first-order valence-electron chi connectivity index (χ1n) is 9.70. The van der Waals surface area contributed by atoms with Gasteiger partial charge >= 0.3 is 0 Å². The quantitative estimate of drug-likeness (QED) is 0.789. The summed E-state index contributed by atoms with van der Waals surface area (Å²) in [5, 5.41) is 14.0. The fourth-order valence-electron chi connectivity index (χ4n) is 4.36. The Kier molecular flexibility index (Phi) is 4.90. The zero-order valence-corrected chi connectivity index (χ0v) is 16.4. The molecule has 0 unspecified atom stereocenters. The van der Waals surface area contributed by atoms with Gasteiger partial charge in [0.1, 0.15) is 5.76 Å². The van der Waals surface area contributed by atoms with Gasteiger partial charge in [-0.25, -0.2) is 8.78 Å². The van der Waals surface area contributed by atoms with E-state index in [4.69, 9.17) is 4.74 Å². The Hall–Kier alpha value is -2.73. The third kappa shape index (κ3) is 3.31. The molecular weight excluding hydrogens is 376 g/mol. The molecule has 0 aromatic heterocycles. The first kappa shape index (κ1) is 19.6. The van der Waals surface area contributed by atoms with Crippen molar-refractivity contribution in [2.45, 2.75) is 44.2 Å². The van der Waals surface area contributed by atoms with Gasteiger partial charge in [0.05, 0.1) is 17.2 Å². The van der Waals surface area contributed by atoms with Gasteiger partial charge < -0.3 is 15.2 Å². The van der Waals surface area contributed by atoms with Gasteiger partial charge in [-0.1, -0.05) is 18.2 Å². The van der Waals surface area contributed by atoms with Gasteiger partial charge in [-0.15, -0.1) is 0 Å². The summed E-state index contributed by atoms with van der Waals surface area (Å²) in [5.74, 6) is -2.10. The lowest BCUT2D eigenvalue weighted by Crippen LogP contribution is -2.48. The normalized spacial score (nSPS) is 24.3. The minimum absolute atomic E-state index is 0.0580. The lowest BCUT2D eigenvalue weighted by molar-refractivity contribution is -0.116. The van der Waals surface area contributed by atoms with E-state index in [1.807, 2.05) is 13.0 Å². The van der Waals surface area contributed by atoms with Crippen LogP contribution in [0.5, 0.6) is 0 Å². The molecule has 4 rings (SSSR count). The fraction of sp³-hybridized carbons (Fsp3) is 0.348. The SMILES string of the molecule is CO[C@H]1CC[C@@]2(CC1)NC(=O)C(c1cc(-c3ccc(F)c(F)c3)ccc1C)=C2O. The number of aryl methyl sites for hydroxylation is 1. The summed E-state index contributed by atoms with van der Waals surface area (Å²) in [6.07, 6.45) is 2.85. The van der Waals surface area contributed by atoms with Gasteiger partial charge in [-0.3, -0.25) is 4.79 Å². The zero-order valence-electron chi connectivity index (χ0n) is 16.4. The lowest BCUT2D eigenvalue weighted by Gasteiger charge is -2.36. The summed E-state index contributed by atoms with van der Waals surface area (Å²) in [5.41, 5.74) is 2.04. The molecule has 29 heavy (non-hydrogen) atoms. The number of hydrogen-bond donors (Lipinski definition) is 2. The summed E-state index contributed by atoms with van der Waals surface area (Å²) >= 11 is 0. The Bertz CT molecular complexity index is 1010. The predicted molar refractivity (Wildman–Crippen MR) is 106 cm³/mol. The van der Waals surface area contributed by atoms with E-state index in [-0.39, 0.29) is 23.3 Å². The van der Waals surface area contributed by atoms with Gasteiger partial charge in [-0.2, -0.15) is 0 Å². The number of ether oxygens (including phenoxy) is 1. The molecular formula is C23H23F2NO3. The van der Waals surface area contributed by atoms with E-state index in [1.165, 1.54) is 6.07 Å². The standard InChI is InChI=1S/C23H23F2NO3/c1-13-3-4-14(15-5-6-18(24)19(25)12-15)11-17(13)20-21(27)23(26-22(20)28)9-7-16(29-2)8-10-23/h3-6,11-12,16,27H,7-10H2,1-2H3,(H,26,28)/t16-,23-. The minimum Gasteiger partial charge on any atom is -0.509 e. The van der Waals surface area contributed by atoms with Crippen LogP contribution < -0.4 is 5.32 Å². The number of hydrogen-bond acceptors (Lipinski definition) is 3. The van der Waals surface area contributed by atoms with Crippen LogP contribution in [0.2, 0.25) is 0 Å². The lowest BCUT2D eigenvalue weighted by atomic mass is 9.79. The van der Waals surface area contributed by atoms with Crippen LogP contribution in [0.4, 0.5) is 8.78 Å². The highest BCUT2D eigenvalue weighted by molar-refractivity contribution is 6.23. The molecule has 1 spiro atoms. The number of nitrogens with one attached hydrogen (secondary N) is 1. The van der Waals surface area contributed by atoms with E-state index < -0.39 is 17.2 Å². The second-order valence-corrected chi connectivity index (χ2v) is 7.85. The van der Waals surface area contributed by atoms with Crippen molar-refractivity contribution in [2.24, 2.45) is 0 Å². The maximum atomic E-state index is 13.7. The molecule has 2 N–H and O–H groups in total. The smallest absolute Gasteiger partial charge is 0.256 e.